The summed E-state index contributed by atoms with van der Waals surface area (Å²) in [6, 6.07) is 3.42. The van der Waals surface area contributed by atoms with Crippen molar-refractivity contribution in [1.29, 1.82) is 0 Å². The Hall–Kier alpha value is -0.400. The molecule has 3 nitrogen and oxygen atoms in total. The minimum Gasteiger partial charge on any atom is -0.327 e. The Morgan fingerprint density at radius 3 is 2.71 bits per heavy atom. The molecule has 0 aliphatic carbocycles. The highest BCUT2D eigenvalue weighted by molar-refractivity contribution is 14.1. The van der Waals surface area contributed by atoms with Crippen molar-refractivity contribution < 1.29 is 4.39 Å². The summed E-state index contributed by atoms with van der Waals surface area (Å²) < 4.78 is 16.6. The molecule has 6 heteroatoms. The van der Waals surface area contributed by atoms with Crippen molar-refractivity contribution in [1.82, 2.24) is 14.5 Å². The fraction of sp³-hybridized carbons (Fsp3) is 0.533. The highest BCUT2D eigenvalue weighted by Gasteiger charge is 2.16. The predicted molar refractivity (Wildman–Crippen MR) is 92.5 cm³/mol. The van der Waals surface area contributed by atoms with Crippen LogP contribution in [0, 0.1) is 9.39 Å². The van der Waals surface area contributed by atoms with Crippen molar-refractivity contribution in [3.8, 4) is 0 Å². The van der Waals surface area contributed by atoms with E-state index < -0.39 is 0 Å². The minimum absolute atomic E-state index is 0.178. The number of hydrogen-bond acceptors (Lipinski definition) is 2. The van der Waals surface area contributed by atoms with E-state index in [0.717, 1.165) is 29.9 Å². The zero-order chi connectivity index (χ0) is 14.8. The minimum atomic E-state index is -0.178. The van der Waals surface area contributed by atoms with Gasteiger partial charge in [0, 0.05) is 31.5 Å². The smallest absolute Gasteiger partial charge is 0.138 e. The molecule has 3 rings (SSSR count). The molecule has 1 saturated heterocycles. The third kappa shape index (κ3) is 3.35. The lowest BCUT2D eigenvalue weighted by Gasteiger charge is -2.16. The lowest BCUT2D eigenvalue weighted by Crippen LogP contribution is -2.24. The standard InChI is InChI=1S/C15H18ClFIN3/c16-4-3-15-19-13-10-12(18)11(17)9-14(13)21(15)8-7-20-5-1-2-6-20/h9-10H,1-8H2. The topological polar surface area (TPSA) is 21.1 Å². The van der Waals surface area contributed by atoms with Crippen LogP contribution in [0.2, 0.25) is 0 Å². The van der Waals surface area contributed by atoms with Crippen LogP contribution in [0.1, 0.15) is 18.7 Å². The van der Waals surface area contributed by atoms with E-state index in [1.807, 2.05) is 28.7 Å². The van der Waals surface area contributed by atoms with Crippen LogP contribution < -0.4 is 0 Å². The number of aryl methyl sites for hydroxylation is 1. The summed E-state index contributed by atoms with van der Waals surface area (Å²) in [7, 11) is 0. The van der Waals surface area contributed by atoms with Crippen LogP contribution >= 0.6 is 34.2 Å². The molecule has 0 bridgehead atoms. The third-order valence-electron chi connectivity index (χ3n) is 4.03. The molecular formula is C15H18ClFIN3. The molecule has 0 saturated carbocycles. The molecule has 0 radical (unpaired) electrons. The number of hydrogen-bond donors (Lipinski definition) is 0. The van der Waals surface area contributed by atoms with Gasteiger partial charge in [-0.2, -0.15) is 0 Å². The van der Waals surface area contributed by atoms with Crippen molar-refractivity contribution in [2.75, 3.05) is 25.5 Å². The van der Waals surface area contributed by atoms with Gasteiger partial charge in [-0.15, -0.1) is 11.6 Å². The second-order valence-electron chi connectivity index (χ2n) is 5.42. The maximum Gasteiger partial charge on any atom is 0.138 e. The monoisotopic (exact) mass is 421 g/mol. The van der Waals surface area contributed by atoms with Crippen molar-refractivity contribution >= 4 is 45.2 Å². The second-order valence-corrected chi connectivity index (χ2v) is 6.96. The highest BCUT2D eigenvalue weighted by atomic mass is 127. The number of fused-ring (bicyclic) bond motifs is 1. The molecule has 1 aromatic carbocycles. The van der Waals surface area contributed by atoms with Gasteiger partial charge in [0.25, 0.3) is 0 Å². The first kappa shape index (κ1) is 15.5. The fourth-order valence-corrected chi connectivity index (χ4v) is 3.56. The number of halogens is 3. The summed E-state index contributed by atoms with van der Waals surface area (Å²) >= 11 is 7.89. The molecule has 1 aromatic heterocycles. The van der Waals surface area contributed by atoms with Crippen molar-refractivity contribution in [3.05, 3.63) is 27.3 Å². The summed E-state index contributed by atoms with van der Waals surface area (Å²) in [4.78, 5) is 7.10. The number of likely N-dealkylation sites (tertiary alicyclic amines) is 1. The fourth-order valence-electron chi connectivity index (χ4n) is 2.94. The highest BCUT2D eigenvalue weighted by Crippen LogP contribution is 2.22. The normalized spacial score (nSPS) is 16.1. The molecule has 0 unspecified atom stereocenters. The van der Waals surface area contributed by atoms with Crippen LogP contribution in [0.3, 0.4) is 0 Å². The van der Waals surface area contributed by atoms with E-state index in [0.29, 0.717) is 15.9 Å². The molecule has 114 valence electrons. The third-order valence-corrected chi connectivity index (χ3v) is 5.04. The van der Waals surface area contributed by atoms with Crippen LogP contribution in [0.15, 0.2) is 12.1 Å². The molecule has 2 heterocycles. The zero-order valence-electron chi connectivity index (χ0n) is 11.8. The Kier molecular flexibility index (Phi) is 5.01. The Morgan fingerprint density at radius 2 is 2.00 bits per heavy atom. The zero-order valence-corrected chi connectivity index (χ0v) is 14.7. The molecule has 1 fully saturated rings. The Bertz CT molecular complexity index is 637. The van der Waals surface area contributed by atoms with Crippen LogP contribution in [-0.4, -0.2) is 40.0 Å². The summed E-state index contributed by atoms with van der Waals surface area (Å²) in [5, 5.41) is 0. The largest absolute Gasteiger partial charge is 0.327 e. The van der Waals surface area contributed by atoms with Crippen LogP contribution in [0.25, 0.3) is 11.0 Å². The Morgan fingerprint density at radius 1 is 1.24 bits per heavy atom. The summed E-state index contributed by atoms with van der Waals surface area (Å²) in [5.41, 5.74) is 1.74. The first-order valence-corrected chi connectivity index (χ1v) is 8.93. The predicted octanol–water partition coefficient (Wildman–Crippen LogP) is 3.66. The van der Waals surface area contributed by atoms with E-state index in [4.69, 9.17) is 11.6 Å². The van der Waals surface area contributed by atoms with E-state index in [2.05, 4.69) is 14.5 Å². The lowest BCUT2D eigenvalue weighted by molar-refractivity contribution is 0.322. The lowest BCUT2D eigenvalue weighted by atomic mass is 10.3. The molecule has 0 N–H and O–H groups in total. The second kappa shape index (κ2) is 6.79. The average molecular weight is 422 g/mol. The SMILES string of the molecule is Fc1cc2c(cc1I)nc(CCCl)n2CCN1CCCC1. The van der Waals surface area contributed by atoms with Crippen molar-refractivity contribution in [2.45, 2.75) is 25.8 Å². The number of benzene rings is 1. The first-order chi connectivity index (χ1) is 10.2. The van der Waals surface area contributed by atoms with Gasteiger partial charge in [0.05, 0.1) is 14.6 Å². The van der Waals surface area contributed by atoms with E-state index >= 15 is 0 Å². The van der Waals surface area contributed by atoms with E-state index in [9.17, 15) is 4.39 Å². The number of imidazole rings is 1. The van der Waals surface area contributed by atoms with E-state index in [-0.39, 0.29) is 5.82 Å². The molecule has 1 aliphatic rings. The van der Waals surface area contributed by atoms with Gasteiger partial charge >= 0.3 is 0 Å². The van der Waals surface area contributed by atoms with Crippen molar-refractivity contribution in [3.63, 3.8) is 0 Å². The summed E-state index contributed by atoms with van der Waals surface area (Å²) in [6.45, 7) is 4.19. The van der Waals surface area contributed by atoms with Crippen LogP contribution in [0.5, 0.6) is 0 Å². The average Bonchev–Trinajstić information content (AvgIpc) is 3.06. The number of alkyl halides is 1. The van der Waals surface area contributed by atoms with E-state index in [1.54, 1.807) is 6.07 Å². The van der Waals surface area contributed by atoms with Gasteiger partial charge in [0.1, 0.15) is 11.6 Å². The molecule has 1 aliphatic heterocycles. The Balaban J connectivity index is 1.92. The molecule has 0 spiro atoms. The van der Waals surface area contributed by atoms with Gasteiger partial charge < -0.3 is 9.47 Å². The summed E-state index contributed by atoms with van der Waals surface area (Å²) in [6.07, 6.45) is 3.28. The van der Waals surface area contributed by atoms with Gasteiger partial charge in [0.15, 0.2) is 0 Å². The first-order valence-electron chi connectivity index (χ1n) is 7.31. The molecule has 0 atom stereocenters. The Labute approximate surface area is 142 Å². The van der Waals surface area contributed by atoms with Gasteiger partial charge in [0.2, 0.25) is 0 Å². The van der Waals surface area contributed by atoms with Crippen LogP contribution in [-0.2, 0) is 13.0 Å². The quantitative estimate of drug-likeness (QED) is 0.543. The van der Waals surface area contributed by atoms with Gasteiger partial charge in [-0.3, -0.25) is 0 Å². The van der Waals surface area contributed by atoms with Gasteiger partial charge in [-0.25, -0.2) is 9.37 Å². The van der Waals surface area contributed by atoms with Crippen LogP contribution in [0.4, 0.5) is 4.39 Å². The number of nitrogens with zero attached hydrogens (tertiary/aromatic N) is 3. The maximum atomic E-state index is 13.9. The van der Waals surface area contributed by atoms with Crippen molar-refractivity contribution in [2.24, 2.45) is 0 Å². The van der Waals surface area contributed by atoms with E-state index in [1.165, 1.54) is 25.9 Å². The summed E-state index contributed by atoms with van der Waals surface area (Å²) in [5.74, 6) is 1.32. The van der Waals surface area contributed by atoms with Gasteiger partial charge in [-0.1, -0.05) is 0 Å². The number of rotatable bonds is 5. The number of aromatic nitrogens is 2. The molecule has 0 amide bonds. The molecule has 2 aromatic rings. The molecular weight excluding hydrogens is 404 g/mol. The maximum absolute atomic E-state index is 13.9. The molecule has 21 heavy (non-hydrogen) atoms. The van der Waals surface area contributed by atoms with Gasteiger partial charge in [-0.05, 0) is 54.6 Å².